The van der Waals surface area contributed by atoms with Gasteiger partial charge in [0.15, 0.2) is 0 Å². The molecule has 0 saturated heterocycles. The molecule has 102 valence electrons. The molecule has 0 aromatic heterocycles. The van der Waals surface area contributed by atoms with Crippen molar-refractivity contribution in [2.24, 2.45) is 5.92 Å². The molecule has 0 heterocycles. The number of carboxylic acid groups (broad SMARTS) is 1. The smallest absolute Gasteiger partial charge is 0.329 e. The number of hydrogen-bond acceptors (Lipinski definition) is 3. The highest BCUT2D eigenvalue weighted by molar-refractivity contribution is 6.00. The van der Waals surface area contributed by atoms with Crippen LogP contribution in [-0.2, 0) is 4.79 Å². The molecule has 1 aliphatic carbocycles. The number of carbonyl (C=O) groups excluding carboxylic acids is 1. The summed E-state index contributed by atoms with van der Waals surface area (Å²) in [6.07, 6.45) is 1.59. The lowest BCUT2D eigenvalue weighted by atomic mass is 9.95. The molecule has 1 aromatic rings. The van der Waals surface area contributed by atoms with Gasteiger partial charge in [-0.05, 0) is 44.7 Å². The van der Waals surface area contributed by atoms with E-state index in [9.17, 15) is 19.8 Å². The van der Waals surface area contributed by atoms with Crippen LogP contribution in [0.5, 0.6) is 5.75 Å². The number of phenols is 1. The van der Waals surface area contributed by atoms with Crippen LogP contribution in [0.15, 0.2) is 18.2 Å². The molecule has 5 nitrogen and oxygen atoms in total. The van der Waals surface area contributed by atoms with Crippen molar-refractivity contribution >= 4 is 11.9 Å². The second kappa shape index (κ2) is 4.57. The van der Waals surface area contributed by atoms with Crippen LogP contribution >= 0.6 is 0 Å². The van der Waals surface area contributed by atoms with Crippen LogP contribution in [-0.4, -0.2) is 27.6 Å². The standard InChI is InChI=1S/C14H17NO4/c1-8-3-6-11(16)10(7-8)12(17)15-14(2,13(18)19)9-4-5-9/h3,6-7,9,16H,4-5H2,1-2H3,(H,15,17)(H,18,19). The lowest BCUT2D eigenvalue weighted by Crippen LogP contribution is -2.54. The molecule has 5 heteroatoms. The van der Waals surface area contributed by atoms with E-state index in [1.807, 2.05) is 0 Å². The van der Waals surface area contributed by atoms with Crippen molar-refractivity contribution in [3.63, 3.8) is 0 Å². The van der Waals surface area contributed by atoms with E-state index in [2.05, 4.69) is 5.32 Å². The fraction of sp³-hybridized carbons (Fsp3) is 0.429. The molecule has 0 radical (unpaired) electrons. The Morgan fingerprint density at radius 1 is 1.37 bits per heavy atom. The molecule has 1 unspecified atom stereocenters. The highest BCUT2D eigenvalue weighted by Crippen LogP contribution is 2.40. The molecule has 1 amide bonds. The maximum Gasteiger partial charge on any atom is 0.329 e. The average Bonchev–Trinajstić information content (AvgIpc) is 3.16. The van der Waals surface area contributed by atoms with E-state index < -0.39 is 17.4 Å². The molecule has 0 aliphatic heterocycles. The first-order valence-corrected chi connectivity index (χ1v) is 6.20. The van der Waals surface area contributed by atoms with Crippen LogP contribution in [0.1, 0.15) is 35.7 Å². The Hall–Kier alpha value is -2.04. The molecule has 1 aromatic carbocycles. The van der Waals surface area contributed by atoms with E-state index in [-0.39, 0.29) is 17.2 Å². The van der Waals surface area contributed by atoms with Crippen molar-refractivity contribution in [1.82, 2.24) is 5.32 Å². The van der Waals surface area contributed by atoms with Crippen molar-refractivity contribution in [2.75, 3.05) is 0 Å². The van der Waals surface area contributed by atoms with Gasteiger partial charge in [-0.1, -0.05) is 11.6 Å². The van der Waals surface area contributed by atoms with Gasteiger partial charge in [0, 0.05) is 0 Å². The first-order valence-electron chi connectivity index (χ1n) is 6.20. The first-order chi connectivity index (χ1) is 8.84. The quantitative estimate of drug-likeness (QED) is 0.771. The topological polar surface area (TPSA) is 86.6 Å². The van der Waals surface area contributed by atoms with Crippen molar-refractivity contribution in [3.05, 3.63) is 29.3 Å². The number of rotatable bonds is 4. The Kier molecular flexibility index (Phi) is 3.22. The summed E-state index contributed by atoms with van der Waals surface area (Å²) in [6, 6.07) is 4.66. The summed E-state index contributed by atoms with van der Waals surface area (Å²) in [5.41, 5.74) is -0.340. The zero-order valence-electron chi connectivity index (χ0n) is 10.9. The average molecular weight is 263 g/mol. The lowest BCUT2D eigenvalue weighted by Gasteiger charge is -2.26. The van der Waals surface area contributed by atoms with Crippen LogP contribution in [0.2, 0.25) is 0 Å². The summed E-state index contributed by atoms with van der Waals surface area (Å²) in [4.78, 5) is 23.5. The van der Waals surface area contributed by atoms with Gasteiger partial charge in [0.25, 0.3) is 5.91 Å². The van der Waals surface area contributed by atoms with Crippen LogP contribution < -0.4 is 5.32 Å². The summed E-state index contributed by atoms with van der Waals surface area (Å²) in [5, 5.41) is 21.5. The van der Waals surface area contributed by atoms with Gasteiger partial charge >= 0.3 is 5.97 Å². The zero-order chi connectivity index (χ0) is 14.2. The second-order valence-electron chi connectivity index (χ2n) is 5.26. The van der Waals surface area contributed by atoms with Gasteiger partial charge in [-0.25, -0.2) is 4.79 Å². The lowest BCUT2D eigenvalue weighted by molar-refractivity contribution is -0.144. The minimum atomic E-state index is -1.27. The molecule has 1 aliphatic rings. The largest absolute Gasteiger partial charge is 0.507 e. The number of carboxylic acids is 1. The monoisotopic (exact) mass is 263 g/mol. The molecule has 1 atom stereocenters. The van der Waals surface area contributed by atoms with Crippen molar-refractivity contribution < 1.29 is 19.8 Å². The van der Waals surface area contributed by atoms with Gasteiger partial charge in [-0.2, -0.15) is 0 Å². The van der Waals surface area contributed by atoms with Crippen LogP contribution in [0, 0.1) is 12.8 Å². The number of phenolic OH excluding ortho intramolecular Hbond substituents is 1. The summed E-state index contributed by atoms with van der Waals surface area (Å²) < 4.78 is 0. The van der Waals surface area contributed by atoms with E-state index in [0.717, 1.165) is 18.4 Å². The van der Waals surface area contributed by atoms with Crippen LogP contribution in [0.25, 0.3) is 0 Å². The first kappa shape index (κ1) is 13.4. The highest BCUT2D eigenvalue weighted by Gasteiger charge is 2.48. The number of hydrogen-bond donors (Lipinski definition) is 3. The fourth-order valence-corrected chi connectivity index (χ4v) is 2.13. The van der Waals surface area contributed by atoms with E-state index in [1.54, 1.807) is 19.1 Å². The number of nitrogens with one attached hydrogen (secondary N) is 1. The maximum atomic E-state index is 12.1. The predicted molar refractivity (Wildman–Crippen MR) is 69.1 cm³/mol. The number of amides is 1. The summed E-state index contributed by atoms with van der Waals surface area (Å²) in [6.45, 7) is 3.31. The summed E-state index contributed by atoms with van der Waals surface area (Å²) in [5.74, 6) is -1.79. The zero-order valence-corrected chi connectivity index (χ0v) is 10.9. The molecular weight excluding hydrogens is 246 g/mol. The molecule has 1 fully saturated rings. The summed E-state index contributed by atoms with van der Waals surface area (Å²) >= 11 is 0. The minimum Gasteiger partial charge on any atom is -0.507 e. The molecule has 19 heavy (non-hydrogen) atoms. The Bertz CT molecular complexity index is 536. The SMILES string of the molecule is Cc1ccc(O)c(C(=O)NC(C)(C(=O)O)C2CC2)c1. The normalized spacial score (nSPS) is 17.6. The van der Waals surface area contributed by atoms with E-state index >= 15 is 0 Å². The number of benzene rings is 1. The van der Waals surface area contributed by atoms with Crippen molar-refractivity contribution in [2.45, 2.75) is 32.2 Å². The van der Waals surface area contributed by atoms with Gasteiger partial charge in [-0.3, -0.25) is 4.79 Å². The Morgan fingerprint density at radius 3 is 2.53 bits per heavy atom. The molecule has 0 spiro atoms. The van der Waals surface area contributed by atoms with Gasteiger partial charge in [0.1, 0.15) is 11.3 Å². The van der Waals surface area contributed by atoms with Gasteiger partial charge in [0.2, 0.25) is 0 Å². The third kappa shape index (κ3) is 2.54. The van der Waals surface area contributed by atoms with Crippen molar-refractivity contribution in [1.29, 1.82) is 0 Å². The van der Waals surface area contributed by atoms with E-state index in [0.29, 0.717) is 0 Å². The number of aromatic hydroxyl groups is 1. The third-order valence-corrected chi connectivity index (χ3v) is 3.61. The summed E-state index contributed by atoms with van der Waals surface area (Å²) in [7, 11) is 0. The number of aryl methyl sites for hydroxylation is 1. The van der Waals surface area contributed by atoms with E-state index in [1.165, 1.54) is 13.0 Å². The fourth-order valence-electron chi connectivity index (χ4n) is 2.13. The van der Waals surface area contributed by atoms with Gasteiger partial charge in [0.05, 0.1) is 5.56 Å². The van der Waals surface area contributed by atoms with Crippen LogP contribution in [0.3, 0.4) is 0 Å². The van der Waals surface area contributed by atoms with Gasteiger partial charge in [-0.15, -0.1) is 0 Å². The van der Waals surface area contributed by atoms with Gasteiger partial charge < -0.3 is 15.5 Å². The molecule has 2 rings (SSSR count). The molecule has 0 bridgehead atoms. The Balaban J connectivity index is 2.25. The van der Waals surface area contributed by atoms with Crippen LogP contribution in [0.4, 0.5) is 0 Å². The predicted octanol–water partition coefficient (Wildman–Crippen LogP) is 1.68. The number of aliphatic carboxylic acids is 1. The third-order valence-electron chi connectivity index (χ3n) is 3.61. The number of carbonyl (C=O) groups is 2. The second-order valence-corrected chi connectivity index (χ2v) is 5.26. The minimum absolute atomic E-state index is 0.0408. The molecular formula is C14H17NO4. The Labute approximate surface area is 111 Å². The highest BCUT2D eigenvalue weighted by atomic mass is 16.4. The maximum absolute atomic E-state index is 12.1. The molecule has 1 saturated carbocycles. The Morgan fingerprint density at radius 2 is 2.00 bits per heavy atom. The molecule has 3 N–H and O–H groups in total. The van der Waals surface area contributed by atoms with Crippen molar-refractivity contribution in [3.8, 4) is 5.75 Å². The van der Waals surface area contributed by atoms with E-state index in [4.69, 9.17) is 0 Å².